The van der Waals surface area contributed by atoms with Gasteiger partial charge in [-0.1, -0.05) is 0 Å². The molecule has 0 aromatic carbocycles. The summed E-state index contributed by atoms with van der Waals surface area (Å²) in [5, 5.41) is 10.4. The van der Waals surface area contributed by atoms with Crippen molar-refractivity contribution in [2.24, 2.45) is 0 Å². The first kappa shape index (κ1) is 11.5. The van der Waals surface area contributed by atoms with E-state index in [0.29, 0.717) is 5.75 Å². The molecule has 0 fully saturated rings. The Kier molecular flexibility index (Phi) is 5.79. The average molecular weight is 199 g/mol. The van der Waals surface area contributed by atoms with Crippen LogP contribution in [-0.2, 0) is 0 Å². The fourth-order valence-corrected chi connectivity index (χ4v) is 1.34. The second kappa shape index (κ2) is 6.05. The van der Waals surface area contributed by atoms with Crippen LogP contribution in [0.5, 0.6) is 0 Å². The third-order valence-corrected chi connectivity index (χ3v) is 2.20. The Morgan fingerprint density at radius 3 is 2.58 bits per heavy atom. The number of thioether (sulfide) groups is 1. The van der Waals surface area contributed by atoms with Gasteiger partial charge in [0.15, 0.2) is 0 Å². The molecule has 0 aliphatic rings. The van der Waals surface area contributed by atoms with Gasteiger partial charge < -0.3 is 10.4 Å². The zero-order valence-corrected chi connectivity index (χ0v) is 7.41. The number of halogens is 2. The average Bonchev–Trinajstić information content (AvgIpc) is 1.84. The molecule has 0 saturated carbocycles. The molecule has 0 radical (unpaired) electrons. The van der Waals surface area contributed by atoms with Crippen LogP contribution in [0.3, 0.4) is 0 Å². The SMILES string of the molecule is CC(CSCC(F)F)NC(=O)O. The monoisotopic (exact) mass is 199 g/mol. The highest BCUT2D eigenvalue weighted by Gasteiger charge is 2.07. The summed E-state index contributed by atoms with van der Waals surface area (Å²) >= 11 is 1.04. The summed E-state index contributed by atoms with van der Waals surface area (Å²) in [4.78, 5) is 10.0. The minimum atomic E-state index is -2.33. The zero-order chi connectivity index (χ0) is 9.56. The lowest BCUT2D eigenvalue weighted by atomic mass is 10.4. The Balaban J connectivity index is 3.31. The molecule has 0 bridgehead atoms. The molecule has 0 spiro atoms. The highest BCUT2D eigenvalue weighted by molar-refractivity contribution is 7.99. The van der Waals surface area contributed by atoms with Crippen LogP contribution in [0.2, 0.25) is 0 Å². The number of amides is 1. The van der Waals surface area contributed by atoms with Crippen molar-refractivity contribution in [1.82, 2.24) is 5.32 Å². The first-order valence-corrected chi connectivity index (χ1v) is 4.53. The lowest BCUT2D eigenvalue weighted by Gasteiger charge is -2.09. The molecule has 0 rings (SSSR count). The van der Waals surface area contributed by atoms with Crippen LogP contribution in [0.4, 0.5) is 13.6 Å². The molecular formula is C6H11F2NO2S. The largest absolute Gasteiger partial charge is 0.465 e. The van der Waals surface area contributed by atoms with Gasteiger partial charge in [0.1, 0.15) is 0 Å². The van der Waals surface area contributed by atoms with E-state index in [1.165, 1.54) is 0 Å². The van der Waals surface area contributed by atoms with Crippen LogP contribution in [0, 0.1) is 0 Å². The van der Waals surface area contributed by atoms with E-state index in [4.69, 9.17) is 5.11 Å². The number of carboxylic acid groups (broad SMARTS) is 1. The van der Waals surface area contributed by atoms with Crippen LogP contribution >= 0.6 is 11.8 Å². The van der Waals surface area contributed by atoms with E-state index in [2.05, 4.69) is 5.32 Å². The Labute approximate surface area is 73.5 Å². The highest BCUT2D eigenvalue weighted by Crippen LogP contribution is 2.07. The molecule has 0 aromatic heterocycles. The standard InChI is InChI=1S/C6H11F2NO2S/c1-4(9-6(10)11)2-12-3-5(7)8/h4-5,9H,2-3H2,1H3,(H,10,11). The van der Waals surface area contributed by atoms with E-state index >= 15 is 0 Å². The van der Waals surface area contributed by atoms with Crippen molar-refractivity contribution in [1.29, 1.82) is 0 Å². The summed E-state index contributed by atoms with van der Waals surface area (Å²) in [5.41, 5.74) is 0. The fourth-order valence-electron chi connectivity index (χ4n) is 0.586. The lowest BCUT2D eigenvalue weighted by molar-refractivity contribution is 0.177. The molecule has 12 heavy (non-hydrogen) atoms. The Morgan fingerprint density at radius 2 is 2.17 bits per heavy atom. The smallest absolute Gasteiger partial charge is 0.404 e. The first-order valence-electron chi connectivity index (χ1n) is 3.37. The van der Waals surface area contributed by atoms with Gasteiger partial charge in [0.25, 0.3) is 0 Å². The number of nitrogens with one attached hydrogen (secondary N) is 1. The Morgan fingerprint density at radius 1 is 1.58 bits per heavy atom. The number of alkyl halides is 2. The maximum Gasteiger partial charge on any atom is 0.404 e. The third-order valence-electron chi connectivity index (χ3n) is 0.982. The van der Waals surface area contributed by atoms with Gasteiger partial charge in [0, 0.05) is 11.8 Å². The summed E-state index contributed by atoms with van der Waals surface area (Å²) < 4.78 is 23.2. The summed E-state index contributed by atoms with van der Waals surface area (Å²) in [6.07, 6.45) is -3.45. The topological polar surface area (TPSA) is 49.3 Å². The molecule has 0 aromatic rings. The normalized spacial score (nSPS) is 13.0. The van der Waals surface area contributed by atoms with E-state index in [9.17, 15) is 13.6 Å². The van der Waals surface area contributed by atoms with Crippen molar-refractivity contribution in [2.45, 2.75) is 19.4 Å². The second-order valence-electron chi connectivity index (χ2n) is 2.28. The van der Waals surface area contributed by atoms with E-state index in [1.807, 2.05) is 0 Å². The molecule has 1 amide bonds. The predicted octanol–water partition coefficient (Wildman–Crippen LogP) is 1.64. The van der Waals surface area contributed by atoms with E-state index in [1.54, 1.807) is 6.92 Å². The number of hydrogen-bond donors (Lipinski definition) is 2. The van der Waals surface area contributed by atoms with Crippen molar-refractivity contribution in [3.8, 4) is 0 Å². The van der Waals surface area contributed by atoms with Crippen LogP contribution in [-0.4, -0.2) is 35.2 Å². The van der Waals surface area contributed by atoms with Crippen molar-refractivity contribution in [2.75, 3.05) is 11.5 Å². The number of hydrogen-bond acceptors (Lipinski definition) is 2. The van der Waals surface area contributed by atoms with E-state index in [-0.39, 0.29) is 11.8 Å². The van der Waals surface area contributed by atoms with Crippen molar-refractivity contribution < 1.29 is 18.7 Å². The fraction of sp³-hybridized carbons (Fsp3) is 0.833. The molecule has 3 nitrogen and oxygen atoms in total. The van der Waals surface area contributed by atoms with Crippen LogP contribution < -0.4 is 5.32 Å². The van der Waals surface area contributed by atoms with Crippen molar-refractivity contribution in [3.63, 3.8) is 0 Å². The van der Waals surface area contributed by atoms with Gasteiger partial charge in [-0.25, -0.2) is 13.6 Å². The molecule has 0 saturated heterocycles. The summed E-state index contributed by atoms with van der Waals surface area (Å²) in [7, 11) is 0. The van der Waals surface area contributed by atoms with Gasteiger partial charge in [0.05, 0.1) is 5.75 Å². The Bertz CT molecular complexity index is 146. The maximum absolute atomic E-state index is 11.6. The van der Waals surface area contributed by atoms with Crippen LogP contribution in [0.25, 0.3) is 0 Å². The van der Waals surface area contributed by atoms with Gasteiger partial charge in [-0.2, -0.15) is 11.8 Å². The quantitative estimate of drug-likeness (QED) is 0.707. The first-order chi connectivity index (χ1) is 5.52. The maximum atomic E-state index is 11.6. The van der Waals surface area contributed by atoms with Gasteiger partial charge in [0.2, 0.25) is 6.43 Å². The van der Waals surface area contributed by atoms with Gasteiger partial charge in [-0.05, 0) is 6.92 Å². The second-order valence-corrected chi connectivity index (χ2v) is 3.35. The summed E-state index contributed by atoms with van der Waals surface area (Å²) in [6.45, 7) is 1.63. The molecule has 0 aliphatic heterocycles. The highest BCUT2D eigenvalue weighted by atomic mass is 32.2. The van der Waals surface area contributed by atoms with E-state index < -0.39 is 12.5 Å². The molecular weight excluding hydrogens is 188 g/mol. The molecule has 1 unspecified atom stereocenters. The number of rotatable bonds is 5. The molecule has 0 aliphatic carbocycles. The van der Waals surface area contributed by atoms with E-state index in [0.717, 1.165) is 11.8 Å². The van der Waals surface area contributed by atoms with Gasteiger partial charge in [-0.3, -0.25) is 0 Å². The molecule has 1 atom stereocenters. The zero-order valence-electron chi connectivity index (χ0n) is 6.59. The molecule has 6 heteroatoms. The van der Waals surface area contributed by atoms with Crippen LogP contribution in [0.1, 0.15) is 6.92 Å². The predicted molar refractivity (Wildman–Crippen MR) is 44.0 cm³/mol. The third kappa shape index (κ3) is 7.59. The molecule has 72 valence electrons. The van der Waals surface area contributed by atoms with Gasteiger partial charge in [-0.15, -0.1) is 0 Å². The van der Waals surface area contributed by atoms with Crippen LogP contribution in [0.15, 0.2) is 0 Å². The molecule has 2 N–H and O–H groups in total. The summed E-state index contributed by atoms with van der Waals surface area (Å²) in [5.74, 6) is 0.127. The van der Waals surface area contributed by atoms with Crippen molar-refractivity contribution >= 4 is 17.9 Å². The minimum Gasteiger partial charge on any atom is -0.465 e. The summed E-state index contributed by atoms with van der Waals surface area (Å²) in [6, 6.07) is -0.286. The molecule has 0 heterocycles. The minimum absolute atomic E-state index is 0.244. The lowest BCUT2D eigenvalue weighted by Crippen LogP contribution is -2.33. The number of carbonyl (C=O) groups is 1. The van der Waals surface area contributed by atoms with Crippen molar-refractivity contribution in [3.05, 3.63) is 0 Å². The Hall–Kier alpha value is -0.520. The van der Waals surface area contributed by atoms with Gasteiger partial charge >= 0.3 is 6.09 Å².